The first-order valence-corrected chi connectivity index (χ1v) is 9.12. The van der Waals surface area contributed by atoms with Gasteiger partial charge in [0.1, 0.15) is 0 Å². The highest BCUT2D eigenvalue weighted by molar-refractivity contribution is 4.94. The summed E-state index contributed by atoms with van der Waals surface area (Å²) in [5.41, 5.74) is 1.09. The van der Waals surface area contributed by atoms with E-state index in [4.69, 9.17) is 4.74 Å². The fourth-order valence-corrected chi connectivity index (χ4v) is 3.70. The van der Waals surface area contributed by atoms with E-state index in [1.165, 1.54) is 19.3 Å². The molecule has 2 aliphatic rings. The van der Waals surface area contributed by atoms with Crippen molar-refractivity contribution in [1.82, 2.24) is 25.2 Å². The van der Waals surface area contributed by atoms with Gasteiger partial charge in [-0.3, -0.25) is 9.58 Å². The molecule has 0 amide bonds. The molecule has 0 aliphatic carbocycles. The maximum Gasteiger partial charge on any atom is 0.0967 e. The molecule has 0 saturated carbocycles. The summed E-state index contributed by atoms with van der Waals surface area (Å²) >= 11 is 0. The third kappa shape index (κ3) is 4.99. The molecule has 6 nitrogen and oxygen atoms in total. The number of nitrogens with zero attached hydrogens (tertiary/aromatic N) is 4. The highest BCUT2D eigenvalue weighted by atomic mass is 16.5. The third-order valence-electron chi connectivity index (χ3n) is 4.95. The highest BCUT2D eigenvalue weighted by Gasteiger charge is 2.24. The van der Waals surface area contributed by atoms with Crippen LogP contribution in [0.3, 0.4) is 0 Å². The number of rotatable bonds is 6. The number of morpholine rings is 1. The van der Waals surface area contributed by atoms with Crippen molar-refractivity contribution in [2.24, 2.45) is 11.8 Å². The third-order valence-corrected chi connectivity index (χ3v) is 4.95. The zero-order chi connectivity index (χ0) is 16.1. The lowest BCUT2D eigenvalue weighted by molar-refractivity contribution is -0.0191. The van der Waals surface area contributed by atoms with Crippen LogP contribution >= 0.6 is 0 Å². The largest absolute Gasteiger partial charge is 0.378 e. The van der Waals surface area contributed by atoms with Crippen molar-refractivity contribution >= 4 is 0 Å². The van der Waals surface area contributed by atoms with E-state index in [1.54, 1.807) is 0 Å². The Bertz CT molecular complexity index is 469. The van der Waals surface area contributed by atoms with Crippen LogP contribution in [0.2, 0.25) is 0 Å². The Morgan fingerprint density at radius 2 is 2.17 bits per heavy atom. The van der Waals surface area contributed by atoms with Gasteiger partial charge in [0.15, 0.2) is 0 Å². The smallest absolute Gasteiger partial charge is 0.0967 e. The van der Waals surface area contributed by atoms with Crippen LogP contribution in [0.25, 0.3) is 0 Å². The molecule has 2 fully saturated rings. The van der Waals surface area contributed by atoms with Gasteiger partial charge in [-0.1, -0.05) is 19.1 Å². The van der Waals surface area contributed by atoms with Gasteiger partial charge in [-0.15, -0.1) is 5.10 Å². The van der Waals surface area contributed by atoms with Crippen molar-refractivity contribution in [2.75, 3.05) is 32.8 Å². The molecule has 0 aromatic carbocycles. The molecule has 130 valence electrons. The lowest BCUT2D eigenvalue weighted by Gasteiger charge is -2.36. The topological polar surface area (TPSA) is 55.2 Å². The maximum absolute atomic E-state index is 5.67. The van der Waals surface area contributed by atoms with Crippen molar-refractivity contribution in [1.29, 1.82) is 0 Å². The summed E-state index contributed by atoms with van der Waals surface area (Å²) < 4.78 is 7.71. The van der Waals surface area contributed by atoms with E-state index in [2.05, 4.69) is 40.6 Å². The van der Waals surface area contributed by atoms with Crippen molar-refractivity contribution < 1.29 is 4.74 Å². The van der Waals surface area contributed by atoms with Crippen LogP contribution in [-0.4, -0.2) is 58.8 Å². The molecule has 0 radical (unpaired) electrons. The van der Waals surface area contributed by atoms with Gasteiger partial charge in [0.25, 0.3) is 0 Å². The SMILES string of the molecule is CC(C)CC1COCCN1Cc1cn(CC2CCNCC2)nn1. The molecule has 1 aromatic heterocycles. The second kappa shape index (κ2) is 8.22. The second-order valence-corrected chi connectivity index (χ2v) is 7.45. The Labute approximate surface area is 139 Å². The fourth-order valence-electron chi connectivity index (χ4n) is 3.70. The molecule has 23 heavy (non-hydrogen) atoms. The summed E-state index contributed by atoms with van der Waals surface area (Å²) in [6, 6.07) is 0.512. The molecule has 0 bridgehead atoms. The van der Waals surface area contributed by atoms with Crippen LogP contribution in [0.1, 0.15) is 38.8 Å². The Balaban J connectivity index is 1.54. The minimum Gasteiger partial charge on any atom is -0.378 e. The van der Waals surface area contributed by atoms with Gasteiger partial charge in [-0.05, 0) is 44.2 Å². The van der Waals surface area contributed by atoms with Gasteiger partial charge in [0, 0.05) is 31.9 Å². The van der Waals surface area contributed by atoms with Crippen molar-refractivity contribution in [3.8, 4) is 0 Å². The Morgan fingerprint density at radius 1 is 1.35 bits per heavy atom. The monoisotopic (exact) mass is 321 g/mol. The molecule has 1 N–H and O–H groups in total. The zero-order valence-corrected chi connectivity index (χ0v) is 14.6. The van der Waals surface area contributed by atoms with Crippen LogP contribution in [-0.2, 0) is 17.8 Å². The average molecular weight is 321 g/mol. The summed E-state index contributed by atoms with van der Waals surface area (Å²) in [5.74, 6) is 1.43. The van der Waals surface area contributed by atoms with Gasteiger partial charge < -0.3 is 10.1 Å². The van der Waals surface area contributed by atoms with E-state index in [1.807, 2.05) is 4.68 Å². The number of hydrogen-bond acceptors (Lipinski definition) is 5. The van der Waals surface area contributed by atoms with E-state index in [9.17, 15) is 0 Å². The number of aromatic nitrogens is 3. The molecular formula is C17H31N5O. The number of piperidine rings is 1. The lowest BCUT2D eigenvalue weighted by atomic mass is 9.98. The zero-order valence-electron chi connectivity index (χ0n) is 14.6. The van der Waals surface area contributed by atoms with Gasteiger partial charge in [0.2, 0.25) is 0 Å². The van der Waals surface area contributed by atoms with Crippen LogP contribution in [0.5, 0.6) is 0 Å². The van der Waals surface area contributed by atoms with E-state index >= 15 is 0 Å². The van der Waals surface area contributed by atoms with Gasteiger partial charge >= 0.3 is 0 Å². The quantitative estimate of drug-likeness (QED) is 0.861. The standard InChI is InChI=1S/C17H31N5O/c1-14(2)9-17-13-23-8-7-21(17)11-16-12-22(20-19-16)10-15-3-5-18-6-4-15/h12,14-15,17-18H,3-11,13H2,1-2H3. The molecule has 6 heteroatoms. The molecule has 2 aliphatic heterocycles. The van der Waals surface area contributed by atoms with Gasteiger partial charge in [0.05, 0.1) is 18.9 Å². The molecular weight excluding hydrogens is 290 g/mol. The molecule has 1 atom stereocenters. The molecule has 1 unspecified atom stereocenters. The minimum absolute atomic E-state index is 0.512. The van der Waals surface area contributed by atoms with Crippen LogP contribution < -0.4 is 5.32 Å². The molecule has 3 heterocycles. The molecule has 0 spiro atoms. The van der Waals surface area contributed by atoms with Crippen LogP contribution in [0.4, 0.5) is 0 Å². The number of hydrogen-bond donors (Lipinski definition) is 1. The minimum atomic E-state index is 0.512. The summed E-state index contributed by atoms with van der Waals surface area (Å²) in [5, 5.41) is 12.2. The van der Waals surface area contributed by atoms with E-state index in [0.29, 0.717) is 12.0 Å². The summed E-state index contributed by atoms with van der Waals surface area (Å²) in [7, 11) is 0. The van der Waals surface area contributed by atoms with Gasteiger partial charge in [-0.2, -0.15) is 0 Å². The molecule has 2 saturated heterocycles. The van der Waals surface area contributed by atoms with E-state index < -0.39 is 0 Å². The van der Waals surface area contributed by atoms with E-state index in [0.717, 1.165) is 57.5 Å². The van der Waals surface area contributed by atoms with Crippen LogP contribution in [0.15, 0.2) is 6.20 Å². The first-order valence-electron chi connectivity index (χ1n) is 9.12. The van der Waals surface area contributed by atoms with Crippen molar-refractivity contribution in [2.45, 2.75) is 52.2 Å². The summed E-state index contributed by atoms with van der Waals surface area (Å²) in [4.78, 5) is 2.52. The maximum atomic E-state index is 5.67. The first-order chi connectivity index (χ1) is 11.2. The summed E-state index contributed by atoms with van der Waals surface area (Å²) in [6.45, 7) is 11.4. The highest BCUT2D eigenvalue weighted by Crippen LogP contribution is 2.18. The molecule has 1 aromatic rings. The lowest BCUT2D eigenvalue weighted by Crippen LogP contribution is -2.45. The normalized spacial score (nSPS) is 24.4. The second-order valence-electron chi connectivity index (χ2n) is 7.45. The summed E-state index contributed by atoms with van der Waals surface area (Å²) in [6.07, 6.45) is 5.82. The number of ether oxygens (including phenoxy) is 1. The average Bonchev–Trinajstić information content (AvgIpc) is 2.97. The van der Waals surface area contributed by atoms with Crippen LogP contribution in [0, 0.1) is 11.8 Å². The van der Waals surface area contributed by atoms with Gasteiger partial charge in [-0.25, -0.2) is 0 Å². The van der Waals surface area contributed by atoms with Crippen molar-refractivity contribution in [3.63, 3.8) is 0 Å². The predicted octanol–water partition coefficient (Wildman–Crippen LogP) is 1.52. The predicted molar refractivity (Wildman–Crippen MR) is 90.1 cm³/mol. The molecule has 3 rings (SSSR count). The Morgan fingerprint density at radius 3 is 2.96 bits per heavy atom. The Hall–Kier alpha value is -0.980. The first kappa shape index (κ1) is 16.9. The fraction of sp³-hybridized carbons (Fsp3) is 0.882. The van der Waals surface area contributed by atoms with E-state index in [-0.39, 0.29) is 0 Å². The Kier molecular flexibility index (Phi) is 6.02. The number of nitrogens with one attached hydrogen (secondary N) is 1. The van der Waals surface area contributed by atoms with Crippen molar-refractivity contribution in [3.05, 3.63) is 11.9 Å².